The van der Waals surface area contributed by atoms with E-state index >= 15 is 0 Å². The monoisotopic (exact) mass is 373 g/mol. The molecule has 1 aromatic heterocycles. The van der Waals surface area contributed by atoms with E-state index in [4.69, 9.17) is 4.74 Å². The molecule has 0 unspecified atom stereocenters. The third-order valence-corrected chi connectivity index (χ3v) is 5.21. The van der Waals surface area contributed by atoms with Crippen LogP contribution in [0.5, 0.6) is 5.75 Å². The third kappa shape index (κ3) is 2.19. The number of ether oxygens (including phenoxy) is 1. The van der Waals surface area contributed by atoms with Crippen LogP contribution in [-0.4, -0.2) is 22.9 Å². The maximum absolute atomic E-state index is 13.2. The van der Waals surface area contributed by atoms with Gasteiger partial charge in [-0.05, 0) is 17.7 Å². The van der Waals surface area contributed by atoms with Gasteiger partial charge in [0.1, 0.15) is 11.6 Å². The Morgan fingerprint density at radius 1 is 0.893 bits per heavy atom. The number of methoxy groups -OCH3 is 1. The number of anilines is 1. The van der Waals surface area contributed by atoms with Crippen LogP contribution in [0.1, 0.15) is 33.0 Å². The predicted octanol–water partition coefficient (Wildman–Crippen LogP) is 2.24. The lowest BCUT2D eigenvalue weighted by atomic mass is 9.81. The van der Waals surface area contributed by atoms with Gasteiger partial charge in [-0.3, -0.25) is 19.6 Å². The summed E-state index contributed by atoms with van der Waals surface area (Å²) in [6, 6.07) is 14.5. The number of ketones is 1. The average Bonchev–Trinajstić information content (AvgIpc) is 2.99. The first-order chi connectivity index (χ1) is 13.6. The molecule has 2 aliphatic rings. The summed E-state index contributed by atoms with van der Waals surface area (Å²) in [5, 5.41) is 3.11. The van der Waals surface area contributed by atoms with E-state index in [0.29, 0.717) is 34.0 Å². The van der Waals surface area contributed by atoms with Gasteiger partial charge in [0.05, 0.1) is 18.4 Å². The first-order valence-electron chi connectivity index (χ1n) is 8.74. The van der Waals surface area contributed by atoms with Gasteiger partial charge in [0, 0.05) is 22.6 Å². The van der Waals surface area contributed by atoms with Crippen molar-refractivity contribution in [2.24, 2.45) is 0 Å². The van der Waals surface area contributed by atoms with Gasteiger partial charge in [-0.1, -0.05) is 36.4 Å². The summed E-state index contributed by atoms with van der Waals surface area (Å²) in [5.41, 5.74) is 2.39. The number of Topliss-reactive ketones (excluding diaryl/α,β-unsaturated/α-hetero) is 1. The van der Waals surface area contributed by atoms with Gasteiger partial charge in [0.15, 0.2) is 5.78 Å². The van der Waals surface area contributed by atoms with Crippen LogP contribution >= 0.6 is 0 Å². The molecule has 0 fully saturated rings. The summed E-state index contributed by atoms with van der Waals surface area (Å²) in [6.07, 6.45) is 0. The number of carbonyl (C=O) groups is 1. The number of fused-ring (bicyclic) bond motifs is 3. The smallest absolute Gasteiger partial charge is 0.327 e. The normalized spacial score (nSPS) is 16.9. The lowest BCUT2D eigenvalue weighted by Crippen LogP contribution is -2.33. The molecule has 0 spiro atoms. The SMILES string of the molecule is COc1ccc([C@H]2C3=C(Nc4[nH]c(=O)[nH]c(=O)c42)c2ccccc2C3=O)cc1. The van der Waals surface area contributed by atoms with E-state index in [1.807, 2.05) is 24.3 Å². The van der Waals surface area contributed by atoms with Crippen molar-refractivity contribution in [1.82, 2.24) is 9.97 Å². The van der Waals surface area contributed by atoms with Crippen LogP contribution in [0.3, 0.4) is 0 Å². The lowest BCUT2D eigenvalue weighted by Gasteiger charge is -2.27. The van der Waals surface area contributed by atoms with Crippen molar-refractivity contribution >= 4 is 17.3 Å². The number of aromatic nitrogens is 2. The van der Waals surface area contributed by atoms with Crippen molar-refractivity contribution in [3.05, 3.63) is 97.2 Å². The summed E-state index contributed by atoms with van der Waals surface area (Å²) in [5.74, 6) is 0.231. The quantitative estimate of drug-likeness (QED) is 0.639. The lowest BCUT2D eigenvalue weighted by molar-refractivity contribution is 0.103. The summed E-state index contributed by atoms with van der Waals surface area (Å²) in [4.78, 5) is 42.7. The minimum Gasteiger partial charge on any atom is -0.497 e. The van der Waals surface area contributed by atoms with Gasteiger partial charge in [-0.25, -0.2) is 4.79 Å². The molecule has 3 N–H and O–H groups in total. The van der Waals surface area contributed by atoms with Crippen molar-refractivity contribution in [2.75, 3.05) is 12.4 Å². The molecule has 7 nitrogen and oxygen atoms in total. The number of hydrogen-bond donors (Lipinski definition) is 3. The van der Waals surface area contributed by atoms with E-state index in [2.05, 4.69) is 15.3 Å². The molecule has 1 aliphatic carbocycles. The Hall–Kier alpha value is -3.87. The van der Waals surface area contributed by atoms with E-state index in [-0.39, 0.29) is 5.78 Å². The highest BCUT2D eigenvalue weighted by Crippen LogP contribution is 2.47. The Bertz CT molecular complexity index is 1280. The fourth-order valence-electron chi connectivity index (χ4n) is 3.98. The first-order valence-corrected chi connectivity index (χ1v) is 8.74. The second-order valence-electron chi connectivity index (χ2n) is 6.69. The Labute approximate surface area is 158 Å². The maximum atomic E-state index is 13.2. The molecular formula is C21H15N3O4. The number of H-pyrrole nitrogens is 2. The summed E-state index contributed by atoms with van der Waals surface area (Å²) < 4.78 is 5.22. The molecule has 1 aliphatic heterocycles. The van der Waals surface area contributed by atoms with Crippen LogP contribution in [-0.2, 0) is 0 Å². The Morgan fingerprint density at radius 3 is 2.32 bits per heavy atom. The number of hydrogen-bond acceptors (Lipinski definition) is 5. The van der Waals surface area contributed by atoms with Gasteiger partial charge >= 0.3 is 5.69 Å². The molecular weight excluding hydrogens is 358 g/mol. The number of allylic oxidation sites excluding steroid dienone is 1. The molecule has 2 aromatic carbocycles. The summed E-state index contributed by atoms with van der Waals surface area (Å²) in [7, 11) is 1.57. The standard InChI is InChI=1S/C21H15N3O4/c1-28-11-8-6-10(7-9-11)14-15-17(12-4-2-3-5-13(12)18(15)25)22-19-16(14)20(26)24-21(27)23-19/h2-9,14H,1H3,(H3,22,23,24,26,27)/t14-/m0/s1. The van der Waals surface area contributed by atoms with Crippen LogP contribution in [0.2, 0.25) is 0 Å². The van der Waals surface area contributed by atoms with Crippen LogP contribution < -0.4 is 21.3 Å². The Balaban J connectivity index is 1.81. The van der Waals surface area contributed by atoms with E-state index in [1.54, 1.807) is 31.4 Å². The highest BCUT2D eigenvalue weighted by molar-refractivity contribution is 6.23. The van der Waals surface area contributed by atoms with Crippen molar-refractivity contribution < 1.29 is 9.53 Å². The van der Waals surface area contributed by atoms with Gasteiger partial charge < -0.3 is 10.1 Å². The van der Waals surface area contributed by atoms with Crippen molar-refractivity contribution in [1.29, 1.82) is 0 Å². The number of carbonyl (C=O) groups excluding carboxylic acids is 1. The zero-order chi connectivity index (χ0) is 19.4. The molecule has 28 heavy (non-hydrogen) atoms. The molecule has 0 saturated carbocycles. The summed E-state index contributed by atoms with van der Waals surface area (Å²) >= 11 is 0. The van der Waals surface area contributed by atoms with E-state index in [0.717, 1.165) is 11.1 Å². The van der Waals surface area contributed by atoms with Gasteiger partial charge in [0.2, 0.25) is 0 Å². The predicted molar refractivity (Wildman–Crippen MR) is 104 cm³/mol. The molecule has 1 atom stereocenters. The van der Waals surface area contributed by atoms with Crippen LogP contribution in [0.25, 0.3) is 5.70 Å². The van der Waals surface area contributed by atoms with Crippen molar-refractivity contribution in [2.45, 2.75) is 5.92 Å². The summed E-state index contributed by atoms with van der Waals surface area (Å²) in [6.45, 7) is 0. The highest BCUT2D eigenvalue weighted by atomic mass is 16.5. The fourth-order valence-corrected chi connectivity index (χ4v) is 3.98. The Morgan fingerprint density at radius 2 is 1.61 bits per heavy atom. The second-order valence-corrected chi connectivity index (χ2v) is 6.69. The van der Waals surface area contributed by atoms with E-state index < -0.39 is 17.2 Å². The van der Waals surface area contributed by atoms with Gasteiger partial charge in [-0.2, -0.15) is 0 Å². The molecule has 7 heteroatoms. The molecule has 0 amide bonds. The van der Waals surface area contributed by atoms with Crippen molar-refractivity contribution in [3.8, 4) is 5.75 Å². The molecule has 3 aromatic rings. The molecule has 0 bridgehead atoms. The molecule has 0 radical (unpaired) electrons. The van der Waals surface area contributed by atoms with Crippen LogP contribution in [0.15, 0.2) is 63.7 Å². The zero-order valence-corrected chi connectivity index (χ0v) is 14.8. The fraction of sp³-hybridized carbons (Fsp3) is 0.0952. The number of nitrogens with one attached hydrogen (secondary N) is 3. The second kappa shape index (κ2) is 5.82. The average molecular weight is 373 g/mol. The number of rotatable bonds is 2. The van der Waals surface area contributed by atoms with E-state index in [1.165, 1.54) is 0 Å². The first kappa shape index (κ1) is 16.3. The van der Waals surface area contributed by atoms with Gasteiger partial charge in [-0.15, -0.1) is 0 Å². The van der Waals surface area contributed by atoms with Crippen molar-refractivity contribution in [3.63, 3.8) is 0 Å². The van der Waals surface area contributed by atoms with Crippen LogP contribution in [0, 0.1) is 0 Å². The third-order valence-electron chi connectivity index (χ3n) is 5.21. The largest absolute Gasteiger partial charge is 0.497 e. The van der Waals surface area contributed by atoms with E-state index in [9.17, 15) is 14.4 Å². The maximum Gasteiger partial charge on any atom is 0.327 e. The highest BCUT2D eigenvalue weighted by Gasteiger charge is 2.41. The minimum absolute atomic E-state index is 0.129. The molecule has 0 saturated heterocycles. The molecule has 5 rings (SSSR count). The minimum atomic E-state index is -0.613. The zero-order valence-electron chi connectivity index (χ0n) is 14.8. The number of aromatic amines is 2. The Kier molecular flexibility index (Phi) is 3.39. The number of benzene rings is 2. The topological polar surface area (TPSA) is 104 Å². The molecule has 2 heterocycles. The molecule has 138 valence electrons. The van der Waals surface area contributed by atoms with Crippen LogP contribution in [0.4, 0.5) is 5.82 Å². The van der Waals surface area contributed by atoms with Gasteiger partial charge in [0.25, 0.3) is 5.56 Å².